The number of nitrogens with zero attached hydrogens (tertiary/aromatic N) is 1. The van der Waals surface area contributed by atoms with Crippen LogP contribution < -0.4 is 4.74 Å². The van der Waals surface area contributed by atoms with Crippen LogP contribution in [0.2, 0.25) is 0 Å². The van der Waals surface area contributed by atoms with Gasteiger partial charge in [-0.05, 0) is 30.7 Å². The molecule has 0 aliphatic carbocycles. The maximum atomic E-state index is 11.7. The number of benzene rings is 1. The number of aryl methyl sites for hydroxylation is 1. The molecule has 0 aliphatic rings. The number of esters is 1. The second-order valence-electron chi connectivity index (χ2n) is 3.66. The van der Waals surface area contributed by atoms with Crippen molar-refractivity contribution in [3.63, 3.8) is 0 Å². The first kappa shape index (κ1) is 11.4. The zero-order valence-electron chi connectivity index (χ0n) is 9.98. The van der Waals surface area contributed by atoms with E-state index in [0.29, 0.717) is 16.8 Å². The van der Waals surface area contributed by atoms with Gasteiger partial charge < -0.3 is 9.47 Å². The molecular formula is C13H13NO3. The van der Waals surface area contributed by atoms with Crippen LogP contribution in [0.5, 0.6) is 5.75 Å². The fourth-order valence-electron chi connectivity index (χ4n) is 1.85. The fraction of sp³-hybridized carbons (Fsp3) is 0.231. The Morgan fingerprint density at radius 3 is 2.65 bits per heavy atom. The van der Waals surface area contributed by atoms with Crippen molar-refractivity contribution in [2.75, 3.05) is 14.2 Å². The van der Waals surface area contributed by atoms with E-state index in [4.69, 9.17) is 9.47 Å². The van der Waals surface area contributed by atoms with Crippen LogP contribution in [0.15, 0.2) is 24.4 Å². The van der Waals surface area contributed by atoms with Crippen LogP contribution in [0, 0.1) is 6.92 Å². The largest absolute Gasteiger partial charge is 0.494 e. The summed E-state index contributed by atoms with van der Waals surface area (Å²) >= 11 is 0. The molecule has 1 heterocycles. The third-order valence-electron chi connectivity index (χ3n) is 2.69. The van der Waals surface area contributed by atoms with Gasteiger partial charge in [0, 0.05) is 11.6 Å². The lowest BCUT2D eigenvalue weighted by molar-refractivity contribution is 0.0603. The Labute approximate surface area is 99.2 Å². The summed E-state index contributed by atoms with van der Waals surface area (Å²) in [6.45, 7) is 1.93. The molecule has 0 atom stereocenters. The summed E-state index contributed by atoms with van der Waals surface area (Å²) in [5, 5.41) is 0.777. The van der Waals surface area contributed by atoms with Crippen LogP contribution in [0.1, 0.15) is 15.9 Å². The Hall–Kier alpha value is -2.10. The van der Waals surface area contributed by atoms with Gasteiger partial charge in [-0.3, -0.25) is 4.98 Å². The van der Waals surface area contributed by atoms with E-state index in [-0.39, 0.29) is 5.97 Å². The molecule has 4 heteroatoms. The fourth-order valence-corrected chi connectivity index (χ4v) is 1.85. The van der Waals surface area contributed by atoms with E-state index in [0.717, 1.165) is 10.9 Å². The number of pyridine rings is 1. The van der Waals surface area contributed by atoms with Crippen molar-refractivity contribution in [3.05, 3.63) is 35.5 Å². The monoisotopic (exact) mass is 231 g/mol. The number of fused-ring (bicyclic) bond motifs is 1. The van der Waals surface area contributed by atoms with Gasteiger partial charge in [0.05, 0.1) is 19.8 Å². The minimum atomic E-state index is -0.367. The first-order valence-corrected chi connectivity index (χ1v) is 5.19. The first-order valence-electron chi connectivity index (χ1n) is 5.19. The maximum Gasteiger partial charge on any atom is 0.338 e. The summed E-state index contributed by atoms with van der Waals surface area (Å²) in [7, 11) is 2.95. The van der Waals surface area contributed by atoms with Crippen molar-refractivity contribution in [2.45, 2.75) is 6.92 Å². The third kappa shape index (κ3) is 1.82. The number of hydrogen-bond acceptors (Lipinski definition) is 4. The van der Waals surface area contributed by atoms with E-state index in [9.17, 15) is 4.79 Å². The zero-order chi connectivity index (χ0) is 12.4. The van der Waals surface area contributed by atoms with Crippen molar-refractivity contribution < 1.29 is 14.3 Å². The smallest absolute Gasteiger partial charge is 0.338 e. The molecule has 2 rings (SSSR count). The van der Waals surface area contributed by atoms with E-state index in [1.165, 1.54) is 7.11 Å². The highest BCUT2D eigenvalue weighted by Crippen LogP contribution is 2.29. The highest BCUT2D eigenvalue weighted by molar-refractivity contribution is 6.06. The van der Waals surface area contributed by atoms with Gasteiger partial charge in [0.1, 0.15) is 11.3 Å². The number of ether oxygens (including phenoxy) is 2. The molecular weight excluding hydrogens is 218 g/mol. The highest BCUT2D eigenvalue weighted by atomic mass is 16.5. The van der Waals surface area contributed by atoms with Gasteiger partial charge in [-0.2, -0.15) is 0 Å². The molecule has 88 valence electrons. The Morgan fingerprint density at radius 1 is 1.24 bits per heavy atom. The van der Waals surface area contributed by atoms with Crippen LogP contribution in [0.25, 0.3) is 10.9 Å². The summed E-state index contributed by atoms with van der Waals surface area (Å²) < 4.78 is 10.0. The molecule has 4 nitrogen and oxygen atoms in total. The molecule has 0 unspecified atom stereocenters. The second-order valence-corrected chi connectivity index (χ2v) is 3.66. The molecule has 0 bridgehead atoms. The minimum Gasteiger partial charge on any atom is -0.494 e. The Balaban J connectivity index is 2.84. The second kappa shape index (κ2) is 4.41. The van der Waals surface area contributed by atoms with Gasteiger partial charge in [0.2, 0.25) is 0 Å². The minimum absolute atomic E-state index is 0.367. The Kier molecular flexibility index (Phi) is 2.95. The van der Waals surface area contributed by atoms with Crippen LogP contribution >= 0.6 is 0 Å². The normalized spacial score (nSPS) is 10.3. The molecule has 0 aliphatic heterocycles. The van der Waals surface area contributed by atoms with E-state index in [1.54, 1.807) is 25.4 Å². The zero-order valence-corrected chi connectivity index (χ0v) is 9.98. The number of carbonyl (C=O) groups excluding carboxylic acids is 1. The lowest BCUT2D eigenvalue weighted by Crippen LogP contribution is -2.04. The molecule has 0 spiro atoms. The Morgan fingerprint density at radius 2 is 2.00 bits per heavy atom. The first-order chi connectivity index (χ1) is 8.19. The van der Waals surface area contributed by atoms with Crippen LogP contribution in [-0.2, 0) is 4.74 Å². The SMILES string of the molecule is COC(=O)c1ccc(OC)c2nccc(C)c12. The molecule has 0 saturated heterocycles. The average molecular weight is 231 g/mol. The molecule has 0 N–H and O–H groups in total. The summed E-state index contributed by atoms with van der Waals surface area (Å²) in [6, 6.07) is 5.27. The number of rotatable bonds is 2. The van der Waals surface area contributed by atoms with Gasteiger partial charge >= 0.3 is 5.97 Å². The van der Waals surface area contributed by atoms with Gasteiger partial charge in [-0.25, -0.2) is 4.79 Å². The van der Waals surface area contributed by atoms with Crippen LogP contribution in [0.3, 0.4) is 0 Å². The van der Waals surface area contributed by atoms with Gasteiger partial charge in [0.25, 0.3) is 0 Å². The predicted octanol–water partition coefficient (Wildman–Crippen LogP) is 2.34. The topological polar surface area (TPSA) is 48.4 Å². The summed E-state index contributed by atoms with van der Waals surface area (Å²) in [4.78, 5) is 15.9. The van der Waals surface area contributed by atoms with Crippen molar-refractivity contribution in [2.24, 2.45) is 0 Å². The number of hydrogen-bond donors (Lipinski definition) is 0. The third-order valence-corrected chi connectivity index (χ3v) is 2.69. The number of aromatic nitrogens is 1. The molecule has 1 aromatic heterocycles. The van der Waals surface area contributed by atoms with Crippen molar-refractivity contribution in [1.82, 2.24) is 4.98 Å². The van der Waals surface area contributed by atoms with Crippen molar-refractivity contribution in [1.29, 1.82) is 0 Å². The summed E-state index contributed by atoms with van der Waals surface area (Å²) in [6.07, 6.45) is 1.70. The van der Waals surface area contributed by atoms with Gasteiger partial charge in [-0.15, -0.1) is 0 Å². The van der Waals surface area contributed by atoms with E-state index >= 15 is 0 Å². The molecule has 17 heavy (non-hydrogen) atoms. The van der Waals surface area contributed by atoms with Crippen molar-refractivity contribution >= 4 is 16.9 Å². The van der Waals surface area contributed by atoms with Crippen molar-refractivity contribution in [3.8, 4) is 5.75 Å². The molecule has 2 aromatic rings. The van der Waals surface area contributed by atoms with Crippen LogP contribution in [-0.4, -0.2) is 25.2 Å². The van der Waals surface area contributed by atoms with Crippen LogP contribution in [0.4, 0.5) is 0 Å². The maximum absolute atomic E-state index is 11.7. The molecule has 0 saturated carbocycles. The molecule has 0 fully saturated rings. The number of methoxy groups -OCH3 is 2. The summed E-state index contributed by atoms with van der Waals surface area (Å²) in [5.41, 5.74) is 2.15. The predicted molar refractivity (Wildman–Crippen MR) is 64.4 cm³/mol. The molecule has 1 aromatic carbocycles. The van der Waals surface area contributed by atoms with Gasteiger partial charge in [-0.1, -0.05) is 0 Å². The number of carbonyl (C=O) groups is 1. The average Bonchev–Trinajstić information content (AvgIpc) is 2.37. The molecule has 0 amide bonds. The molecule has 0 radical (unpaired) electrons. The highest BCUT2D eigenvalue weighted by Gasteiger charge is 2.15. The van der Waals surface area contributed by atoms with E-state index < -0.39 is 0 Å². The lowest BCUT2D eigenvalue weighted by atomic mass is 10.0. The van der Waals surface area contributed by atoms with Gasteiger partial charge in [0.15, 0.2) is 0 Å². The Bertz CT molecular complexity index is 578. The van der Waals surface area contributed by atoms with E-state index in [1.807, 2.05) is 13.0 Å². The summed E-state index contributed by atoms with van der Waals surface area (Å²) in [5.74, 6) is 0.283. The quantitative estimate of drug-likeness (QED) is 0.744. The van der Waals surface area contributed by atoms with E-state index in [2.05, 4.69) is 4.98 Å². The standard InChI is InChI=1S/C13H13NO3/c1-8-6-7-14-12-10(16-2)5-4-9(11(8)12)13(15)17-3/h4-7H,1-3H3. The lowest BCUT2D eigenvalue weighted by Gasteiger charge is -2.10.